The number of ether oxygens (including phenoxy) is 1. The van der Waals surface area contributed by atoms with Crippen LogP contribution in [-0.2, 0) is 14.3 Å². The van der Waals surface area contributed by atoms with Crippen LogP contribution in [0.25, 0.3) is 11.1 Å². The number of fused-ring (bicyclic) bond motifs is 4. The summed E-state index contributed by atoms with van der Waals surface area (Å²) in [6.45, 7) is 1.08. The Labute approximate surface area is 203 Å². The van der Waals surface area contributed by atoms with Gasteiger partial charge in [0.1, 0.15) is 12.6 Å². The number of aliphatic hydroxyl groups is 1. The first-order valence-electron chi connectivity index (χ1n) is 12.2. The number of carboxylic acid groups (broad SMARTS) is 1. The van der Waals surface area contributed by atoms with Crippen LogP contribution in [0, 0.1) is 11.8 Å². The van der Waals surface area contributed by atoms with E-state index < -0.39 is 30.4 Å². The molecule has 4 atom stereocenters. The number of carbonyl (C=O) groups excluding carboxylic acids is 2. The molecule has 8 heteroatoms. The number of likely N-dealkylation sites (tertiary alicyclic amines) is 1. The summed E-state index contributed by atoms with van der Waals surface area (Å²) in [5, 5.41) is 21.8. The molecule has 0 bridgehead atoms. The molecule has 2 aromatic rings. The van der Waals surface area contributed by atoms with Gasteiger partial charge in [-0.05, 0) is 53.4 Å². The summed E-state index contributed by atoms with van der Waals surface area (Å²) in [6, 6.07) is 14.8. The van der Waals surface area contributed by atoms with Gasteiger partial charge in [-0.3, -0.25) is 9.59 Å². The number of carboxylic acids is 1. The number of hydrogen-bond acceptors (Lipinski definition) is 5. The molecule has 5 rings (SSSR count). The smallest absolute Gasteiger partial charge is 0.407 e. The third-order valence-electron chi connectivity index (χ3n) is 7.65. The van der Waals surface area contributed by atoms with Gasteiger partial charge in [-0.1, -0.05) is 48.5 Å². The first kappa shape index (κ1) is 23.4. The van der Waals surface area contributed by atoms with Gasteiger partial charge in [0.05, 0.1) is 12.5 Å². The topological polar surface area (TPSA) is 116 Å². The van der Waals surface area contributed by atoms with Crippen LogP contribution in [0.2, 0.25) is 0 Å². The van der Waals surface area contributed by atoms with Crippen LogP contribution in [0.4, 0.5) is 4.79 Å². The fourth-order valence-corrected chi connectivity index (χ4v) is 5.96. The number of rotatable bonds is 6. The highest BCUT2D eigenvalue weighted by Gasteiger charge is 2.41. The lowest BCUT2D eigenvalue weighted by Crippen LogP contribution is -2.49. The summed E-state index contributed by atoms with van der Waals surface area (Å²) in [6.07, 6.45) is 0.548. The highest BCUT2D eigenvalue weighted by atomic mass is 16.5. The zero-order valence-corrected chi connectivity index (χ0v) is 19.4. The van der Waals surface area contributed by atoms with E-state index >= 15 is 0 Å². The highest BCUT2D eigenvalue weighted by molar-refractivity contribution is 5.89. The fourth-order valence-electron chi connectivity index (χ4n) is 5.96. The summed E-state index contributed by atoms with van der Waals surface area (Å²) in [7, 11) is 0. The average Bonchev–Trinajstić information content (AvgIpc) is 3.40. The van der Waals surface area contributed by atoms with Crippen LogP contribution in [-0.4, -0.2) is 64.9 Å². The predicted molar refractivity (Wildman–Crippen MR) is 128 cm³/mol. The number of aliphatic hydroxyl groups excluding tert-OH is 1. The zero-order valence-electron chi connectivity index (χ0n) is 19.4. The van der Waals surface area contributed by atoms with Crippen molar-refractivity contribution in [2.75, 3.05) is 19.7 Å². The maximum Gasteiger partial charge on any atom is 0.407 e. The van der Waals surface area contributed by atoms with Gasteiger partial charge >= 0.3 is 12.1 Å². The Morgan fingerprint density at radius 1 is 0.971 bits per heavy atom. The summed E-state index contributed by atoms with van der Waals surface area (Å²) in [4.78, 5) is 38.9. The number of nitrogens with one attached hydrogen (secondary N) is 1. The Bertz CT molecular complexity index is 1090. The van der Waals surface area contributed by atoms with E-state index in [1.807, 2.05) is 48.5 Å². The minimum Gasteiger partial charge on any atom is -0.481 e. The van der Waals surface area contributed by atoms with Crippen LogP contribution in [0.3, 0.4) is 0 Å². The lowest BCUT2D eigenvalue weighted by Gasteiger charge is -2.27. The largest absolute Gasteiger partial charge is 0.481 e. The Morgan fingerprint density at radius 2 is 1.60 bits per heavy atom. The number of benzene rings is 2. The maximum atomic E-state index is 13.2. The van der Waals surface area contributed by atoms with Crippen LogP contribution in [0.5, 0.6) is 0 Å². The molecule has 35 heavy (non-hydrogen) atoms. The SMILES string of the molecule is O=C(O)CC(NC(=O)OCC1c2ccccc2-c2ccccc21)C(=O)N1C[C@H]2CC[C@@H](O)C[C@H]2C1. The van der Waals surface area contributed by atoms with Gasteiger partial charge in [-0.15, -0.1) is 0 Å². The number of alkyl carbamates (subject to hydrolysis) is 1. The van der Waals surface area contributed by atoms with Crippen molar-refractivity contribution in [2.24, 2.45) is 11.8 Å². The molecule has 2 amide bonds. The molecular formula is C27H30N2O6. The van der Waals surface area contributed by atoms with Gasteiger partial charge < -0.3 is 25.2 Å². The summed E-state index contributed by atoms with van der Waals surface area (Å²) in [5.74, 6) is -1.20. The van der Waals surface area contributed by atoms with Crippen LogP contribution in [0.15, 0.2) is 48.5 Å². The second kappa shape index (κ2) is 9.70. The predicted octanol–water partition coefficient (Wildman–Crippen LogP) is 2.99. The van der Waals surface area contributed by atoms with E-state index in [4.69, 9.17) is 4.74 Å². The molecule has 1 aliphatic heterocycles. The van der Waals surface area contributed by atoms with Crippen molar-refractivity contribution in [3.63, 3.8) is 0 Å². The van der Waals surface area contributed by atoms with Crippen LogP contribution in [0.1, 0.15) is 42.7 Å². The Hall–Kier alpha value is -3.39. The quantitative estimate of drug-likeness (QED) is 0.588. The molecule has 184 valence electrons. The molecule has 1 saturated carbocycles. The van der Waals surface area contributed by atoms with E-state index in [1.165, 1.54) is 0 Å². The van der Waals surface area contributed by atoms with Crippen molar-refractivity contribution < 1.29 is 29.3 Å². The lowest BCUT2D eigenvalue weighted by atomic mass is 9.80. The molecule has 8 nitrogen and oxygen atoms in total. The Balaban J connectivity index is 1.24. The Morgan fingerprint density at radius 3 is 2.26 bits per heavy atom. The first-order valence-corrected chi connectivity index (χ1v) is 12.2. The normalized spacial score (nSPS) is 23.7. The second-order valence-electron chi connectivity index (χ2n) is 9.85. The van der Waals surface area contributed by atoms with E-state index in [-0.39, 0.29) is 24.5 Å². The van der Waals surface area contributed by atoms with E-state index in [1.54, 1.807) is 4.90 Å². The number of carbonyl (C=O) groups is 3. The van der Waals surface area contributed by atoms with Gasteiger partial charge in [0.15, 0.2) is 0 Å². The number of aliphatic carboxylic acids is 1. The van der Waals surface area contributed by atoms with Gasteiger partial charge in [0, 0.05) is 19.0 Å². The standard InChI is InChI=1S/C27H30N2O6/c30-18-10-9-16-13-29(14-17(16)11-18)26(33)24(12-25(31)32)28-27(34)35-15-23-21-7-3-1-5-19(21)20-6-2-4-8-22(20)23/h1-8,16-18,23-24,30H,9-15H2,(H,28,34)(H,31,32)/t16-,17+,18-,24?/m1/s1. The molecule has 3 N–H and O–H groups in total. The summed E-state index contributed by atoms with van der Waals surface area (Å²) >= 11 is 0. The van der Waals surface area contributed by atoms with E-state index in [0.717, 1.165) is 35.1 Å². The lowest BCUT2D eigenvalue weighted by molar-refractivity contribution is -0.142. The molecule has 0 spiro atoms. The number of amides is 2. The van der Waals surface area contributed by atoms with Gasteiger partial charge in [0.2, 0.25) is 5.91 Å². The van der Waals surface area contributed by atoms with Crippen molar-refractivity contribution in [3.8, 4) is 11.1 Å². The van der Waals surface area contributed by atoms with Crippen LogP contribution >= 0.6 is 0 Å². The third kappa shape index (κ3) is 4.75. The molecule has 3 aliphatic rings. The van der Waals surface area contributed by atoms with Crippen molar-refractivity contribution in [1.82, 2.24) is 10.2 Å². The molecule has 1 saturated heterocycles. The average molecular weight is 479 g/mol. The Kier molecular flexibility index (Phi) is 6.47. The molecule has 0 aromatic heterocycles. The molecule has 2 fully saturated rings. The van der Waals surface area contributed by atoms with E-state index in [0.29, 0.717) is 25.4 Å². The molecule has 2 aromatic carbocycles. The number of nitrogens with zero attached hydrogens (tertiary/aromatic N) is 1. The molecular weight excluding hydrogens is 448 g/mol. The highest BCUT2D eigenvalue weighted by Crippen LogP contribution is 2.44. The monoisotopic (exact) mass is 478 g/mol. The van der Waals surface area contributed by atoms with Crippen molar-refractivity contribution in [2.45, 2.75) is 43.7 Å². The van der Waals surface area contributed by atoms with Crippen molar-refractivity contribution in [3.05, 3.63) is 59.7 Å². The first-order chi connectivity index (χ1) is 16.9. The maximum absolute atomic E-state index is 13.2. The second-order valence-corrected chi connectivity index (χ2v) is 9.85. The molecule has 1 heterocycles. The van der Waals surface area contributed by atoms with Gasteiger partial charge in [-0.25, -0.2) is 4.79 Å². The van der Waals surface area contributed by atoms with E-state index in [9.17, 15) is 24.6 Å². The molecule has 0 radical (unpaired) electrons. The fraction of sp³-hybridized carbons (Fsp3) is 0.444. The summed E-state index contributed by atoms with van der Waals surface area (Å²) < 4.78 is 5.53. The van der Waals surface area contributed by atoms with Crippen molar-refractivity contribution >= 4 is 18.0 Å². The van der Waals surface area contributed by atoms with Gasteiger partial charge in [0.25, 0.3) is 0 Å². The molecule has 2 aliphatic carbocycles. The third-order valence-corrected chi connectivity index (χ3v) is 7.65. The molecule has 1 unspecified atom stereocenters. The van der Waals surface area contributed by atoms with Gasteiger partial charge in [-0.2, -0.15) is 0 Å². The van der Waals surface area contributed by atoms with E-state index in [2.05, 4.69) is 5.32 Å². The number of hydrogen-bond donors (Lipinski definition) is 3. The van der Waals surface area contributed by atoms with Crippen LogP contribution < -0.4 is 5.32 Å². The minimum atomic E-state index is -1.20. The minimum absolute atomic E-state index is 0.0829. The van der Waals surface area contributed by atoms with Crippen molar-refractivity contribution in [1.29, 1.82) is 0 Å². The summed E-state index contributed by atoms with van der Waals surface area (Å²) in [5.41, 5.74) is 4.36. The zero-order chi connectivity index (χ0) is 24.5.